The minimum absolute atomic E-state index is 0.0361. The number of benzene rings is 1. The van der Waals surface area contributed by atoms with Gasteiger partial charge in [-0.1, -0.05) is 37.6 Å². The molecule has 0 aliphatic carbocycles. The van der Waals surface area contributed by atoms with Gasteiger partial charge in [-0.25, -0.2) is 0 Å². The van der Waals surface area contributed by atoms with Crippen LogP contribution in [0.25, 0.3) is 0 Å². The lowest BCUT2D eigenvalue weighted by atomic mass is 9.94. The predicted octanol–water partition coefficient (Wildman–Crippen LogP) is 3.12. The molecule has 0 unspecified atom stereocenters. The summed E-state index contributed by atoms with van der Waals surface area (Å²) in [7, 11) is -3.38. The van der Waals surface area contributed by atoms with E-state index in [1.54, 1.807) is 4.31 Å². The van der Waals surface area contributed by atoms with Gasteiger partial charge in [0.25, 0.3) is 10.2 Å². The van der Waals surface area contributed by atoms with E-state index in [4.69, 9.17) is 11.6 Å². The molecule has 3 rings (SSSR count). The number of halogens is 1. The van der Waals surface area contributed by atoms with Crippen molar-refractivity contribution in [3.05, 3.63) is 34.9 Å². The van der Waals surface area contributed by atoms with Crippen molar-refractivity contribution in [3.8, 4) is 0 Å². The minimum atomic E-state index is -3.38. The molecule has 1 aromatic carbocycles. The second-order valence-electron chi connectivity index (χ2n) is 8.06. The molecule has 2 heterocycles. The van der Waals surface area contributed by atoms with Gasteiger partial charge in [0.05, 0.1) is 0 Å². The summed E-state index contributed by atoms with van der Waals surface area (Å²) < 4.78 is 30.1. The average molecular weight is 400 g/mol. The van der Waals surface area contributed by atoms with Gasteiger partial charge in [-0.2, -0.15) is 17.4 Å². The molecule has 2 aliphatic rings. The second-order valence-corrected chi connectivity index (χ2v) is 10.2. The van der Waals surface area contributed by atoms with E-state index in [2.05, 4.69) is 35.6 Å². The maximum atomic E-state index is 12.7. The summed E-state index contributed by atoms with van der Waals surface area (Å²) >= 11 is 5.93. The van der Waals surface area contributed by atoms with Gasteiger partial charge in [0.2, 0.25) is 0 Å². The SMILES string of the molecule is C[C@@H]1C[C@@H](C)CN(S(=O)(=O)NC2CCN(Cc3ccc(Cl)cc3)CC2)C1. The van der Waals surface area contributed by atoms with Crippen LogP contribution < -0.4 is 4.72 Å². The quantitative estimate of drug-likeness (QED) is 0.827. The molecule has 0 aromatic heterocycles. The molecule has 0 radical (unpaired) electrons. The average Bonchev–Trinajstić information content (AvgIpc) is 2.58. The molecule has 2 aliphatic heterocycles. The lowest BCUT2D eigenvalue weighted by Gasteiger charge is -2.37. The lowest BCUT2D eigenvalue weighted by molar-refractivity contribution is 0.193. The maximum absolute atomic E-state index is 12.7. The van der Waals surface area contributed by atoms with Crippen molar-refractivity contribution in [2.24, 2.45) is 11.8 Å². The smallest absolute Gasteiger partial charge is 0.279 e. The fraction of sp³-hybridized carbons (Fsp3) is 0.684. The molecule has 2 atom stereocenters. The Morgan fingerprint density at radius 1 is 1.08 bits per heavy atom. The van der Waals surface area contributed by atoms with Gasteiger partial charge in [0, 0.05) is 43.8 Å². The molecule has 1 N–H and O–H groups in total. The number of hydrogen-bond donors (Lipinski definition) is 1. The van der Waals surface area contributed by atoms with Crippen molar-refractivity contribution in [2.75, 3.05) is 26.2 Å². The number of likely N-dealkylation sites (tertiary alicyclic amines) is 1. The highest BCUT2D eigenvalue weighted by molar-refractivity contribution is 7.87. The van der Waals surface area contributed by atoms with E-state index in [-0.39, 0.29) is 6.04 Å². The van der Waals surface area contributed by atoms with Crippen LogP contribution in [0.5, 0.6) is 0 Å². The van der Waals surface area contributed by atoms with Crippen LogP contribution in [0.2, 0.25) is 5.02 Å². The van der Waals surface area contributed by atoms with Gasteiger partial charge in [-0.05, 0) is 48.8 Å². The van der Waals surface area contributed by atoms with Gasteiger partial charge in [0.15, 0.2) is 0 Å². The van der Waals surface area contributed by atoms with Gasteiger partial charge in [-0.15, -0.1) is 0 Å². The van der Waals surface area contributed by atoms with Crippen molar-refractivity contribution in [2.45, 2.75) is 45.7 Å². The van der Waals surface area contributed by atoms with E-state index >= 15 is 0 Å². The van der Waals surface area contributed by atoms with Gasteiger partial charge in [-0.3, -0.25) is 4.90 Å². The predicted molar refractivity (Wildman–Crippen MR) is 106 cm³/mol. The van der Waals surface area contributed by atoms with Gasteiger partial charge < -0.3 is 0 Å². The van der Waals surface area contributed by atoms with E-state index in [9.17, 15) is 8.42 Å². The Bertz CT molecular complexity index is 677. The Labute approximate surface area is 162 Å². The summed E-state index contributed by atoms with van der Waals surface area (Å²) in [6.45, 7) is 8.23. The standard InChI is InChI=1S/C19H30ClN3O2S/c1-15-11-16(2)13-23(12-15)26(24,25)21-19-7-9-22(10-8-19)14-17-3-5-18(20)6-4-17/h3-6,15-16,19,21H,7-14H2,1-2H3/t15-,16-/m1/s1. The molecule has 146 valence electrons. The summed E-state index contributed by atoms with van der Waals surface area (Å²) in [4.78, 5) is 2.37. The molecule has 0 bridgehead atoms. The van der Waals surface area contributed by atoms with Crippen molar-refractivity contribution in [1.82, 2.24) is 13.9 Å². The van der Waals surface area contributed by atoms with Crippen LogP contribution in [-0.2, 0) is 16.8 Å². The van der Waals surface area contributed by atoms with E-state index in [1.807, 2.05) is 12.1 Å². The number of rotatable bonds is 5. The van der Waals surface area contributed by atoms with Crippen LogP contribution in [0.3, 0.4) is 0 Å². The summed E-state index contributed by atoms with van der Waals surface area (Å²) in [6.07, 6.45) is 2.81. The second kappa shape index (κ2) is 8.57. The summed E-state index contributed by atoms with van der Waals surface area (Å²) in [6, 6.07) is 7.97. The first kappa shape index (κ1) is 20.1. The van der Waals surface area contributed by atoms with Crippen LogP contribution in [0.1, 0.15) is 38.7 Å². The van der Waals surface area contributed by atoms with Crippen LogP contribution in [0, 0.1) is 11.8 Å². The van der Waals surface area contributed by atoms with Crippen LogP contribution >= 0.6 is 11.6 Å². The van der Waals surface area contributed by atoms with E-state index in [1.165, 1.54) is 5.56 Å². The molecule has 5 nitrogen and oxygen atoms in total. The Morgan fingerprint density at radius 3 is 2.23 bits per heavy atom. The Kier molecular flexibility index (Phi) is 6.62. The monoisotopic (exact) mass is 399 g/mol. The summed E-state index contributed by atoms with van der Waals surface area (Å²) in [5.41, 5.74) is 1.24. The highest BCUT2D eigenvalue weighted by atomic mass is 35.5. The molecule has 2 fully saturated rings. The van der Waals surface area contributed by atoms with Crippen molar-refractivity contribution < 1.29 is 8.42 Å². The molecule has 26 heavy (non-hydrogen) atoms. The molecule has 0 saturated carbocycles. The number of nitrogens with one attached hydrogen (secondary N) is 1. The molecule has 1 aromatic rings. The van der Waals surface area contributed by atoms with E-state index in [0.717, 1.165) is 43.9 Å². The fourth-order valence-electron chi connectivity index (χ4n) is 4.14. The topological polar surface area (TPSA) is 52.7 Å². The molecule has 2 saturated heterocycles. The zero-order valence-corrected chi connectivity index (χ0v) is 17.3. The Balaban J connectivity index is 1.49. The highest BCUT2D eigenvalue weighted by Crippen LogP contribution is 2.23. The first-order valence-corrected chi connectivity index (χ1v) is 11.4. The lowest BCUT2D eigenvalue weighted by Crippen LogP contribution is -2.52. The third-order valence-electron chi connectivity index (χ3n) is 5.40. The number of piperidine rings is 2. The molecule has 0 amide bonds. The third kappa shape index (κ3) is 5.42. The van der Waals surface area contributed by atoms with E-state index in [0.29, 0.717) is 24.9 Å². The van der Waals surface area contributed by atoms with Gasteiger partial charge >= 0.3 is 0 Å². The normalized spacial score (nSPS) is 26.9. The first-order valence-electron chi connectivity index (χ1n) is 9.56. The van der Waals surface area contributed by atoms with Gasteiger partial charge in [0.1, 0.15) is 0 Å². The number of nitrogens with zero attached hydrogens (tertiary/aromatic N) is 2. The fourth-order valence-corrected chi connectivity index (χ4v) is 5.98. The zero-order valence-electron chi connectivity index (χ0n) is 15.7. The molecule has 0 spiro atoms. The Morgan fingerprint density at radius 2 is 1.65 bits per heavy atom. The van der Waals surface area contributed by atoms with Crippen LogP contribution in [-0.4, -0.2) is 49.8 Å². The van der Waals surface area contributed by atoms with E-state index < -0.39 is 10.2 Å². The van der Waals surface area contributed by atoms with Crippen LogP contribution in [0.15, 0.2) is 24.3 Å². The molecule has 7 heteroatoms. The highest BCUT2D eigenvalue weighted by Gasteiger charge is 2.32. The third-order valence-corrected chi connectivity index (χ3v) is 7.26. The number of hydrogen-bond acceptors (Lipinski definition) is 3. The minimum Gasteiger partial charge on any atom is -0.299 e. The van der Waals surface area contributed by atoms with Crippen molar-refractivity contribution in [1.29, 1.82) is 0 Å². The Hall–Kier alpha value is -0.660. The maximum Gasteiger partial charge on any atom is 0.279 e. The largest absolute Gasteiger partial charge is 0.299 e. The molecular formula is C19H30ClN3O2S. The van der Waals surface area contributed by atoms with Crippen LogP contribution in [0.4, 0.5) is 0 Å². The molecular weight excluding hydrogens is 370 g/mol. The first-order chi connectivity index (χ1) is 12.3. The van der Waals surface area contributed by atoms with Crippen molar-refractivity contribution >= 4 is 21.8 Å². The summed E-state index contributed by atoms with van der Waals surface area (Å²) in [5, 5.41) is 0.753. The summed E-state index contributed by atoms with van der Waals surface area (Å²) in [5.74, 6) is 0.855. The zero-order chi connectivity index (χ0) is 18.7. The van der Waals surface area contributed by atoms with Crippen molar-refractivity contribution in [3.63, 3.8) is 0 Å².